The molecule has 2 amide bonds. The van der Waals surface area contributed by atoms with Crippen molar-refractivity contribution in [3.05, 3.63) is 47.5 Å². The lowest BCUT2D eigenvalue weighted by Crippen LogP contribution is -2.58. The Labute approximate surface area is 128 Å². The highest BCUT2D eigenvalue weighted by molar-refractivity contribution is 9.10. The third-order valence-electron chi connectivity index (χ3n) is 4.07. The first-order valence-electron chi connectivity index (χ1n) is 6.58. The van der Waals surface area contributed by atoms with Gasteiger partial charge in [0.15, 0.2) is 5.78 Å². The van der Waals surface area contributed by atoms with Crippen LogP contribution in [-0.2, 0) is 9.53 Å². The number of nitrogens with zero attached hydrogens (tertiary/aromatic N) is 1. The summed E-state index contributed by atoms with van der Waals surface area (Å²) >= 11 is 3.29. The molecule has 3 heterocycles. The fourth-order valence-corrected chi connectivity index (χ4v) is 3.63. The van der Waals surface area contributed by atoms with Gasteiger partial charge in [-0.15, -0.1) is 0 Å². The van der Waals surface area contributed by atoms with Crippen LogP contribution >= 0.6 is 15.9 Å². The number of ether oxygens (including phenoxy) is 1. The number of fused-ring (bicyclic) bond motifs is 3. The maximum atomic E-state index is 12.5. The first kappa shape index (κ1) is 12.9. The van der Waals surface area contributed by atoms with Crippen LogP contribution in [0.3, 0.4) is 0 Å². The second-order valence-electron chi connectivity index (χ2n) is 5.23. The van der Waals surface area contributed by atoms with Gasteiger partial charge in [0.25, 0.3) is 11.8 Å². The van der Waals surface area contributed by atoms with E-state index in [1.54, 1.807) is 36.4 Å². The highest BCUT2D eigenvalue weighted by Gasteiger charge is 2.53. The molecule has 0 aliphatic carbocycles. The van der Waals surface area contributed by atoms with E-state index in [0.717, 1.165) is 4.90 Å². The minimum absolute atomic E-state index is 0.198. The van der Waals surface area contributed by atoms with Crippen LogP contribution in [0.25, 0.3) is 0 Å². The summed E-state index contributed by atoms with van der Waals surface area (Å²) in [5.41, 5.74) is 0.677. The molecule has 1 aromatic carbocycles. The number of halogens is 1. The van der Waals surface area contributed by atoms with Crippen LogP contribution in [0.5, 0.6) is 0 Å². The van der Waals surface area contributed by atoms with E-state index in [1.807, 2.05) is 0 Å². The minimum atomic E-state index is -0.906. The van der Waals surface area contributed by atoms with Gasteiger partial charge in [-0.1, -0.05) is 40.2 Å². The maximum Gasteiger partial charge on any atom is 0.262 e. The van der Waals surface area contributed by atoms with Gasteiger partial charge in [-0.2, -0.15) is 0 Å². The molecule has 0 saturated carbocycles. The van der Waals surface area contributed by atoms with E-state index in [1.165, 1.54) is 0 Å². The zero-order valence-corrected chi connectivity index (χ0v) is 12.3. The molecule has 4 atom stereocenters. The first-order valence-corrected chi connectivity index (χ1v) is 7.49. The SMILES string of the molecule is O=C1[C@@H](Br)[C@H]2C=C[C@H](O2)[C@H]1N1C(=O)c2ccccc2C1=O. The number of imide groups is 1. The van der Waals surface area contributed by atoms with Crippen LogP contribution in [-0.4, -0.2) is 45.6 Å². The third kappa shape index (κ3) is 1.63. The fourth-order valence-electron chi connectivity index (χ4n) is 3.06. The van der Waals surface area contributed by atoms with E-state index in [9.17, 15) is 14.4 Å². The van der Waals surface area contributed by atoms with Gasteiger partial charge in [0.2, 0.25) is 0 Å². The number of Topliss-reactive ketones (excluding diaryl/α,β-unsaturated/α-hetero) is 1. The molecule has 6 heteroatoms. The van der Waals surface area contributed by atoms with Crippen molar-refractivity contribution >= 4 is 33.5 Å². The molecule has 0 aromatic heterocycles. The lowest BCUT2D eigenvalue weighted by Gasteiger charge is -2.35. The summed E-state index contributed by atoms with van der Waals surface area (Å²) in [6, 6.07) is 5.69. The van der Waals surface area contributed by atoms with Gasteiger partial charge in [0.05, 0.1) is 17.2 Å². The summed E-state index contributed by atoms with van der Waals surface area (Å²) < 4.78 is 5.68. The zero-order valence-electron chi connectivity index (χ0n) is 10.7. The first-order chi connectivity index (χ1) is 10.1. The number of rotatable bonds is 1. The predicted molar refractivity (Wildman–Crippen MR) is 76.3 cm³/mol. The Morgan fingerprint density at radius 3 is 2.14 bits per heavy atom. The highest BCUT2D eigenvalue weighted by Crippen LogP contribution is 2.35. The van der Waals surface area contributed by atoms with Gasteiger partial charge in [0.1, 0.15) is 17.0 Å². The smallest absolute Gasteiger partial charge is 0.262 e. The van der Waals surface area contributed by atoms with Crippen molar-refractivity contribution in [2.45, 2.75) is 23.1 Å². The Bertz CT molecular complexity index is 678. The second kappa shape index (κ2) is 4.35. The Balaban J connectivity index is 1.78. The predicted octanol–water partition coefficient (Wildman–Crippen LogP) is 1.32. The Kier molecular flexibility index (Phi) is 2.68. The van der Waals surface area contributed by atoms with Gasteiger partial charge in [-0.3, -0.25) is 19.3 Å². The van der Waals surface area contributed by atoms with Crippen molar-refractivity contribution in [3.63, 3.8) is 0 Å². The number of alkyl halides is 1. The highest BCUT2D eigenvalue weighted by atomic mass is 79.9. The lowest BCUT2D eigenvalue weighted by molar-refractivity contribution is -0.134. The van der Waals surface area contributed by atoms with Crippen LogP contribution in [0.4, 0.5) is 0 Å². The summed E-state index contributed by atoms with van der Waals surface area (Å²) in [6.07, 6.45) is 2.66. The molecule has 3 aliphatic heterocycles. The monoisotopic (exact) mass is 347 g/mol. The normalized spacial score (nSPS) is 33.8. The Morgan fingerprint density at radius 1 is 0.952 bits per heavy atom. The molecule has 2 bridgehead atoms. The summed E-state index contributed by atoms with van der Waals surface area (Å²) in [5.74, 6) is -1.07. The summed E-state index contributed by atoms with van der Waals surface area (Å²) in [4.78, 5) is 38.0. The summed E-state index contributed by atoms with van der Waals surface area (Å²) in [7, 11) is 0. The van der Waals surface area contributed by atoms with Crippen molar-refractivity contribution in [3.8, 4) is 0 Å². The molecule has 21 heavy (non-hydrogen) atoms. The molecule has 1 fully saturated rings. The van der Waals surface area contributed by atoms with E-state index in [-0.39, 0.29) is 11.9 Å². The number of carbonyl (C=O) groups is 3. The van der Waals surface area contributed by atoms with Crippen LogP contribution in [0.15, 0.2) is 36.4 Å². The minimum Gasteiger partial charge on any atom is -0.363 e. The van der Waals surface area contributed by atoms with Gasteiger partial charge in [0, 0.05) is 0 Å². The molecular weight excluding hydrogens is 338 g/mol. The Morgan fingerprint density at radius 2 is 1.52 bits per heavy atom. The van der Waals surface area contributed by atoms with Crippen molar-refractivity contribution in [1.82, 2.24) is 4.90 Å². The molecule has 0 unspecified atom stereocenters. The third-order valence-corrected chi connectivity index (χ3v) is 5.04. The van der Waals surface area contributed by atoms with E-state index in [4.69, 9.17) is 4.74 Å². The Hall–Kier alpha value is -1.79. The molecular formula is C15H10BrNO4. The van der Waals surface area contributed by atoms with Crippen molar-refractivity contribution in [2.24, 2.45) is 0 Å². The number of ketones is 1. The van der Waals surface area contributed by atoms with E-state index >= 15 is 0 Å². The molecule has 1 saturated heterocycles. The fraction of sp³-hybridized carbons (Fsp3) is 0.267. The molecule has 106 valence electrons. The van der Waals surface area contributed by atoms with Crippen LogP contribution < -0.4 is 0 Å². The van der Waals surface area contributed by atoms with Crippen LogP contribution in [0.1, 0.15) is 20.7 Å². The van der Waals surface area contributed by atoms with Gasteiger partial charge in [-0.25, -0.2) is 0 Å². The van der Waals surface area contributed by atoms with Gasteiger partial charge < -0.3 is 4.74 Å². The van der Waals surface area contributed by atoms with E-state index in [0.29, 0.717) is 11.1 Å². The zero-order chi connectivity index (χ0) is 14.7. The quantitative estimate of drug-likeness (QED) is 0.436. The number of carbonyl (C=O) groups excluding carboxylic acids is 3. The second-order valence-corrected chi connectivity index (χ2v) is 6.21. The molecule has 3 aliphatic rings. The number of hydrogen-bond donors (Lipinski definition) is 0. The number of hydrogen-bond acceptors (Lipinski definition) is 4. The van der Waals surface area contributed by atoms with Gasteiger partial charge in [-0.05, 0) is 12.1 Å². The van der Waals surface area contributed by atoms with Crippen LogP contribution in [0.2, 0.25) is 0 Å². The molecule has 0 spiro atoms. The van der Waals surface area contributed by atoms with Crippen molar-refractivity contribution in [1.29, 1.82) is 0 Å². The average Bonchev–Trinajstić information content (AvgIpc) is 3.03. The van der Waals surface area contributed by atoms with Crippen LogP contribution in [0, 0.1) is 0 Å². The molecule has 5 nitrogen and oxygen atoms in total. The van der Waals surface area contributed by atoms with E-state index in [2.05, 4.69) is 15.9 Å². The lowest BCUT2D eigenvalue weighted by atomic mass is 10.00. The largest absolute Gasteiger partial charge is 0.363 e. The van der Waals surface area contributed by atoms with Crippen molar-refractivity contribution in [2.75, 3.05) is 0 Å². The summed E-state index contributed by atoms with van der Waals surface area (Å²) in [6.45, 7) is 0. The number of amides is 2. The maximum absolute atomic E-state index is 12.5. The van der Waals surface area contributed by atoms with Gasteiger partial charge >= 0.3 is 0 Å². The average molecular weight is 348 g/mol. The van der Waals surface area contributed by atoms with Crippen molar-refractivity contribution < 1.29 is 19.1 Å². The summed E-state index contributed by atoms with van der Waals surface area (Å²) in [5, 5.41) is 0. The standard InChI is InChI=1S/C15H10BrNO4/c16-11-9-5-6-10(21-9)12(13(11)18)17-14(19)7-3-1-2-4-8(7)15(17)20/h1-6,9-12H/t9-,10+,11+,12-/m1/s1. The molecule has 0 radical (unpaired) electrons. The number of benzene rings is 1. The molecule has 4 rings (SSSR count). The van der Waals surface area contributed by atoms with E-state index < -0.39 is 28.8 Å². The molecule has 1 aromatic rings. The topological polar surface area (TPSA) is 63.7 Å². The molecule has 0 N–H and O–H groups in total.